The molecule has 0 unspecified atom stereocenters. The number of halogens is 5. The van der Waals surface area contributed by atoms with E-state index in [0.717, 1.165) is 11.6 Å². The van der Waals surface area contributed by atoms with Crippen LogP contribution in [0.4, 0.5) is 8.78 Å². The van der Waals surface area contributed by atoms with Crippen molar-refractivity contribution < 1.29 is 13.5 Å². The van der Waals surface area contributed by atoms with Crippen LogP contribution in [0.1, 0.15) is 5.56 Å². The van der Waals surface area contributed by atoms with E-state index in [9.17, 15) is 8.78 Å². The highest BCUT2D eigenvalue weighted by Gasteiger charge is 2.15. The van der Waals surface area contributed by atoms with Gasteiger partial charge in [0.2, 0.25) is 5.82 Å². The molecule has 0 heterocycles. The molecule has 0 aliphatic heterocycles. The van der Waals surface area contributed by atoms with E-state index in [1.807, 2.05) is 0 Å². The third-order valence-corrected chi connectivity index (χ3v) is 3.72. The maximum absolute atomic E-state index is 13.7. The average molecular weight is 412 g/mol. The Morgan fingerprint density at radius 2 is 1.95 bits per heavy atom. The first-order valence-corrected chi connectivity index (χ1v) is 7.48. The third kappa shape index (κ3) is 3.27. The molecule has 1 nitrogen and oxygen atoms in total. The summed E-state index contributed by atoms with van der Waals surface area (Å²) in [7, 11) is 0. The molecule has 0 fully saturated rings. The van der Waals surface area contributed by atoms with E-state index in [1.165, 1.54) is 6.07 Å². The summed E-state index contributed by atoms with van der Waals surface area (Å²) in [6, 6.07) is 7.53. The zero-order valence-corrected chi connectivity index (χ0v) is 13.3. The quantitative estimate of drug-likeness (QED) is 0.439. The van der Waals surface area contributed by atoms with Crippen LogP contribution in [-0.4, -0.2) is 0 Å². The van der Waals surface area contributed by atoms with Crippen LogP contribution < -0.4 is 4.74 Å². The van der Waals surface area contributed by atoms with Crippen molar-refractivity contribution in [1.29, 1.82) is 0 Å². The van der Waals surface area contributed by atoms with Gasteiger partial charge in [-0.1, -0.05) is 55.6 Å². The molecule has 100 valence electrons. The van der Waals surface area contributed by atoms with E-state index < -0.39 is 11.6 Å². The van der Waals surface area contributed by atoms with Gasteiger partial charge < -0.3 is 4.74 Å². The van der Waals surface area contributed by atoms with Crippen LogP contribution in [0.15, 0.2) is 34.8 Å². The zero-order chi connectivity index (χ0) is 14.0. The monoisotopic (exact) mass is 410 g/mol. The minimum absolute atomic E-state index is 0.220. The van der Waals surface area contributed by atoms with E-state index in [1.54, 1.807) is 18.2 Å². The number of ether oxygens (including phenoxy) is 1. The lowest BCUT2D eigenvalue weighted by Gasteiger charge is -2.12. The molecule has 0 aliphatic rings. The predicted octanol–water partition coefficient (Wildman–Crippen LogP) is 6.07. The molecular formula is C13H7Br2ClF2O. The highest BCUT2D eigenvalue weighted by molar-refractivity contribution is 9.10. The van der Waals surface area contributed by atoms with Crippen LogP contribution in [-0.2, 0) is 5.33 Å². The molecule has 0 atom stereocenters. The van der Waals surface area contributed by atoms with Crippen LogP contribution in [0.5, 0.6) is 11.5 Å². The predicted molar refractivity (Wildman–Crippen MR) is 78.2 cm³/mol. The van der Waals surface area contributed by atoms with Gasteiger partial charge in [0, 0.05) is 15.4 Å². The summed E-state index contributed by atoms with van der Waals surface area (Å²) >= 11 is 12.4. The van der Waals surface area contributed by atoms with Crippen molar-refractivity contribution in [2.75, 3.05) is 0 Å². The molecule has 2 rings (SSSR count). The lowest BCUT2D eigenvalue weighted by atomic mass is 10.2. The van der Waals surface area contributed by atoms with Gasteiger partial charge in [-0.05, 0) is 18.2 Å². The van der Waals surface area contributed by atoms with Crippen molar-refractivity contribution in [3.05, 3.63) is 57.0 Å². The van der Waals surface area contributed by atoms with Gasteiger partial charge in [0.05, 0.1) is 5.02 Å². The van der Waals surface area contributed by atoms with E-state index >= 15 is 0 Å². The van der Waals surface area contributed by atoms with Crippen LogP contribution >= 0.6 is 43.5 Å². The Morgan fingerprint density at radius 3 is 2.63 bits per heavy atom. The zero-order valence-electron chi connectivity index (χ0n) is 9.39. The second kappa shape index (κ2) is 6.20. The van der Waals surface area contributed by atoms with Gasteiger partial charge in [-0.3, -0.25) is 0 Å². The molecule has 6 heteroatoms. The van der Waals surface area contributed by atoms with Crippen LogP contribution in [0.25, 0.3) is 0 Å². The molecule has 0 aromatic heterocycles. The second-order valence-corrected chi connectivity index (χ2v) is 5.55. The largest absolute Gasteiger partial charge is 0.452 e. The number of hydrogen-bond donors (Lipinski definition) is 0. The van der Waals surface area contributed by atoms with Crippen molar-refractivity contribution in [2.24, 2.45) is 0 Å². The summed E-state index contributed by atoms with van der Waals surface area (Å²) in [4.78, 5) is 0. The van der Waals surface area contributed by atoms with Crippen molar-refractivity contribution >= 4 is 43.5 Å². The van der Waals surface area contributed by atoms with Gasteiger partial charge in [-0.15, -0.1) is 0 Å². The minimum atomic E-state index is -1.05. The molecule has 0 bridgehead atoms. The number of benzene rings is 2. The highest BCUT2D eigenvalue weighted by Crippen LogP contribution is 2.36. The molecule has 2 aromatic rings. The Morgan fingerprint density at radius 1 is 1.21 bits per heavy atom. The normalized spacial score (nSPS) is 10.6. The Kier molecular flexibility index (Phi) is 4.81. The molecule has 2 aromatic carbocycles. The molecule has 0 radical (unpaired) electrons. The topological polar surface area (TPSA) is 9.23 Å². The van der Waals surface area contributed by atoms with Crippen molar-refractivity contribution in [2.45, 2.75) is 5.33 Å². The fourth-order valence-corrected chi connectivity index (χ4v) is 2.57. The third-order valence-electron chi connectivity index (χ3n) is 2.36. The van der Waals surface area contributed by atoms with Gasteiger partial charge in [-0.2, -0.15) is 4.39 Å². The molecular weight excluding hydrogens is 405 g/mol. The molecule has 0 amide bonds. The van der Waals surface area contributed by atoms with E-state index in [2.05, 4.69) is 31.9 Å². The van der Waals surface area contributed by atoms with Crippen molar-refractivity contribution in [1.82, 2.24) is 0 Å². The van der Waals surface area contributed by atoms with Gasteiger partial charge in [0.25, 0.3) is 0 Å². The Balaban J connectivity index is 2.47. The van der Waals surface area contributed by atoms with E-state index in [4.69, 9.17) is 16.3 Å². The lowest BCUT2D eigenvalue weighted by molar-refractivity contribution is 0.413. The molecule has 0 N–H and O–H groups in total. The molecule has 19 heavy (non-hydrogen) atoms. The SMILES string of the molecule is Fc1cc(Br)cc(Oc2c(Cl)cccc2CBr)c1F. The Bertz CT molecular complexity index is 620. The summed E-state index contributed by atoms with van der Waals surface area (Å²) in [5.41, 5.74) is 0.743. The molecule has 0 aliphatic carbocycles. The molecule has 0 saturated heterocycles. The lowest BCUT2D eigenvalue weighted by Crippen LogP contribution is -1.95. The standard InChI is InChI=1S/C13H7Br2ClF2O/c14-6-7-2-1-3-9(16)13(7)19-11-5-8(15)4-10(17)12(11)18/h1-5H,6H2. The fraction of sp³-hybridized carbons (Fsp3) is 0.0769. The van der Waals surface area contributed by atoms with E-state index in [0.29, 0.717) is 20.6 Å². The van der Waals surface area contributed by atoms with Gasteiger partial charge in [-0.25, -0.2) is 4.39 Å². The number of alkyl halides is 1. The van der Waals surface area contributed by atoms with Crippen molar-refractivity contribution in [3.63, 3.8) is 0 Å². The van der Waals surface area contributed by atoms with Gasteiger partial charge in [0.1, 0.15) is 5.75 Å². The fourth-order valence-electron chi connectivity index (χ4n) is 1.49. The first-order chi connectivity index (χ1) is 9.02. The summed E-state index contributed by atoms with van der Waals surface area (Å²) < 4.78 is 32.8. The first-order valence-electron chi connectivity index (χ1n) is 5.18. The van der Waals surface area contributed by atoms with Crippen LogP contribution in [0, 0.1) is 11.6 Å². The summed E-state index contributed by atoms with van der Waals surface area (Å²) in [6.45, 7) is 0. The average Bonchev–Trinajstić information content (AvgIpc) is 2.37. The maximum Gasteiger partial charge on any atom is 0.201 e. The van der Waals surface area contributed by atoms with Gasteiger partial charge >= 0.3 is 0 Å². The first kappa shape index (κ1) is 14.8. The van der Waals surface area contributed by atoms with Crippen molar-refractivity contribution in [3.8, 4) is 11.5 Å². The number of para-hydroxylation sites is 1. The van der Waals surface area contributed by atoms with Crippen LogP contribution in [0.3, 0.4) is 0 Å². The smallest absolute Gasteiger partial charge is 0.201 e. The van der Waals surface area contributed by atoms with Crippen LogP contribution in [0.2, 0.25) is 5.02 Å². The maximum atomic E-state index is 13.7. The van der Waals surface area contributed by atoms with Gasteiger partial charge in [0.15, 0.2) is 11.6 Å². The number of hydrogen-bond acceptors (Lipinski definition) is 1. The molecule has 0 saturated carbocycles. The summed E-state index contributed by atoms with van der Waals surface area (Å²) in [5, 5.41) is 0.817. The molecule has 0 spiro atoms. The Hall–Kier alpha value is -0.650. The number of rotatable bonds is 3. The second-order valence-electron chi connectivity index (χ2n) is 3.66. The Labute approximate surface area is 130 Å². The summed E-state index contributed by atoms with van der Waals surface area (Å²) in [5.74, 6) is -1.96. The summed E-state index contributed by atoms with van der Waals surface area (Å²) in [6.07, 6.45) is 0. The minimum Gasteiger partial charge on any atom is -0.452 e. The van der Waals surface area contributed by atoms with E-state index in [-0.39, 0.29) is 5.75 Å². The highest BCUT2D eigenvalue weighted by atomic mass is 79.9.